The molecule has 0 aliphatic heterocycles. The van der Waals surface area contributed by atoms with Crippen molar-refractivity contribution in [2.24, 2.45) is 0 Å². The molecular weight excluding hydrogens is 316 g/mol. The topological polar surface area (TPSA) is 84.5 Å². The van der Waals surface area contributed by atoms with Crippen molar-refractivity contribution >= 4 is 41.3 Å². The number of esters is 1. The molecule has 21 heavy (non-hydrogen) atoms. The third kappa shape index (κ3) is 4.95. The van der Waals surface area contributed by atoms with E-state index in [4.69, 9.17) is 16.3 Å². The molecule has 0 aliphatic rings. The van der Waals surface area contributed by atoms with Crippen LogP contribution >= 0.6 is 23.4 Å². The van der Waals surface area contributed by atoms with E-state index in [1.807, 2.05) is 11.6 Å². The summed E-state index contributed by atoms with van der Waals surface area (Å²) in [4.78, 5) is 35.5. The molecule has 0 radical (unpaired) electrons. The number of hydrogen-bond donors (Lipinski definition) is 2. The molecule has 1 aromatic carbocycles. The Hall–Kier alpha value is -1.73. The van der Waals surface area contributed by atoms with Crippen LogP contribution in [0.5, 0.6) is 0 Å². The van der Waals surface area contributed by atoms with Gasteiger partial charge in [0.2, 0.25) is 0 Å². The van der Waals surface area contributed by atoms with Crippen molar-refractivity contribution < 1.29 is 19.1 Å². The van der Waals surface area contributed by atoms with Crippen LogP contribution in [0.1, 0.15) is 17.3 Å². The van der Waals surface area contributed by atoms with Gasteiger partial charge in [-0.05, 0) is 31.4 Å². The predicted octanol–water partition coefficient (Wildman–Crippen LogP) is 2.06. The normalized spacial score (nSPS) is 11.4. The highest BCUT2D eigenvalue weighted by Gasteiger charge is 2.22. The van der Waals surface area contributed by atoms with Crippen LogP contribution in [0.15, 0.2) is 23.1 Å². The van der Waals surface area contributed by atoms with E-state index in [2.05, 4.69) is 5.32 Å². The lowest BCUT2D eigenvalue weighted by Crippen LogP contribution is -2.43. The number of nitrogens with one attached hydrogen (secondary N) is 2. The van der Waals surface area contributed by atoms with Crippen molar-refractivity contribution in [1.29, 1.82) is 0 Å². The van der Waals surface area contributed by atoms with Crippen molar-refractivity contribution in [1.82, 2.24) is 10.6 Å². The van der Waals surface area contributed by atoms with Crippen LogP contribution in [0.4, 0.5) is 4.79 Å². The van der Waals surface area contributed by atoms with Crippen LogP contribution in [-0.2, 0) is 9.53 Å². The maximum Gasteiger partial charge on any atom is 0.340 e. The Balaban J connectivity index is 2.76. The zero-order valence-corrected chi connectivity index (χ0v) is 13.3. The van der Waals surface area contributed by atoms with E-state index in [0.29, 0.717) is 0 Å². The Bertz CT molecular complexity index is 565. The molecule has 0 spiro atoms. The Morgan fingerprint density at radius 2 is 2.00 bits per heavy atom. The smallest absolute Gasteiger partial charge is 0.340 e. The van der Waals surface area contributed by atoms with Crippen LogP contribution in [0.2, 0.25) is 5.02 Å². The second kappa shape index (κ2) is 7.90. The lowest BCUT2D eigenvalue weighted by atomic mass is 10.2. The predicted molar refractivity (Wildman–Crippen MR) is 80.7 cm³/mol. The minimum absolute atomic E-state index is 0.170. The molecule has 0 aliphatic carbocycles. The first-order valence-electron chi connectivity index (χ1n) is 5.96. The van der Waals surface area contributed by atoms with Gasteiger partial charge in [0.05, 0.1) is 10.6 Å². The fourth-order valence-electron chi connectivity index (χ4n) is 1.34. The third-order valence-electron chi connectivity index (χ3n) is 2.51. The molecule has 1 rings (SSSR count). The van der Waals surface area contributed by atoms with Gasteiger partial charge in [-0.3, -0.25) is 10.1 Å². The molecule has 0 fully saturated rings. The Kier molecular flexibility index (Phi) is 6.51. The number of carbonyl (C=O) groups is 3. The molecule has 3 amide bonds. The number of rotatable bonds is 4. The summed E-state index contributed by atoms with van der Waals surface area (Å²) in [5, 5.41) is 4.48. The van der Waals surface area contributed by atoms with Gasteiger partial charge in [-0.2, -0.15) is 0 Å². The summed E-state index contributed by atoms with van der Waals surface area (Å²) in [7, 11) is 1.37. The van der Waals surface area contributed by atoms with Crippen LogP contribution < -0.4 is 10.6 Å². The average molecular weight is 331 g/mol. The minimum Gasteiger partial charge on any atom is -0.449 e. The van der Waals surface area contributed by atoms with Crippen LogP contribution in [0, 0.1) is 0 Å². The molecule has 0 bridgehead atoms. The Morgan fingerprint density at radius 3 is 2.57 bits per heavy atom. The number of ether oxygens (including phenoxy) is 1. The number of halogens is 1. The molecule has 2 N–H and O–H groups in total. The van der Waals surface area contributed by atoms with Gasteiger partial charge in [0.1, 0.15) is 0 Å². The van der Waals surface area contributed by atoms with Crippen molar-refractivity contribution in [2.45, 2.75) is 17.9 Å². The summed E-state index contributed by atoms with van der Waals surface area (Å²) in [6, 6.07) is 4.26. The molecule has 0 saturated carbocycles. The molecule has 0 unspecified atom stereocenters. The Labute approximate surface area is 131 Å². The molecular formula is C13H15ClN2O4S. The Morgan fingerprint density at radius 1 is 1.33 bits per heavy atom. The molecule has 6 nitrogen and oxygen atoms in total. The van der Waals surface area contributed by atoms with Crippen LogP contribution in [0.3, 0.4) is 0 Å². The highest BCUT2D eigenvalue weighted by Crippen LogP contribution is 2.24. The van der Waals surface area contributed by atoms with Crippen molar-refractivity contribution in [3.63, 3.8) is 0 Å². The first kappa shape index (κ1) is 17.3. The lowest BCUT2D eigenvalue weighted by Gasteiger charge is -2.13. The third-order valence-corrected chi connectivity index (χ3v) is 3.57. The summed E-state index contributed by atoms with van der Waals surface area (Å²) in [6.07, 6.45) is 0.737. The van der Waals surface area contributed by atoms with E-state index >= 15 is 0 Å². The summed E-state index contributed by atoms with van der Waals surface area (Å²) in [5.74, 6) is -1.45. The lowest BCUT2D eigenvalue weighted by molar-refractivity contribution is -0.127. The molecule has 0 heterocycles. The van der Waals surface area contributed by atoms with E-state index in [-0.39, 0.29) is 10.6 Å². The van der Waals surface area contributed by atoms with Gasteiger partial charge >= 0.3 is 12.0 Å². The van der Waals surface area contributed by atoms with Crippen molar-refractivity contribution in [3.8, 4) is 0 Å². The van der Waals surface area contributed by atoms with Gasteiger partial charge < -0.3 is 10.1 Å². The number of imide groups is 1. The van der Waals surface area contributed by atoms with Crippen LogP contribution in [-0.4, -0.2) is 37.3 Å². The molecule has 1 aromatic rings. The fourth-order valence-corrected chi connectivity index (χ4v) is 1.98. The highest BCUT2D eigenvalue weighted by molar-refractivity contribution is 7.98. The molecule has 1 atom stereocenters. The molecule has 8 heteroatoms. The summed E-state index contributed by atoms with van der Waals surface area (Å²) < 4.78 is 5.00. The van der Waals surface area contributed by atoms with Crippen molar-refractivity contribution in [3.05, 3.63) is 28.8 Å². The van der Waals surface area contributed by atoms with Gasteiger partial charge in [0.15, 0.2) is 6.10 Å². The second-order valence-corrected chi connectivity index (χ2v) is 5.25. The van der Waals surface area contributed by atoms with Gasteiger partial charge in [-0.15, -0.1) is 11.8 Å². The van der Waals surface area contributed by atoms with Gasteiger partial charge in [0.25, 0.3) is 5.91 Å². The number of carbonyl (C=O) groups excluding carboxylic acids is 3. The standard InChI is InChI=1S/C13H15ClN2O4S/c1-7(11(17)16-13(19)15-2)20-12(18)9-6-8(21-3)4-5-10(9)14/h4-7H,1-3H3,(H2,15,16,17,19)/t7-/m0/s1. The fraction of sp³-hybridized carbons (Fsp3) is 0.308. The monoisotopic (exact) mass is 330 g/mol. The summed E-state index contributed by atoms with van der Waals surface area (Å²) in [6.45, 7) is 1.36. The maximum absolute atomic E-state index is 12.0. The minimum atomic E-state index is -1.12. The maximum atomic E-state index is 12.0. The van der Waals surface area contributed by atoms with Gasteiger partial charge in [0, 0.05) is 11.9 Å². The summed E-state index contributed by atoms with van der Waals surface area (Å²) >= 11 is 7.39. The number of amides is 3. The largest absolute Gasteiger partial charge is 0.449 e. The van der Waals surface area contributed by atoms with Crippen LogP contribution in [0.25, 0.3) is 0 Å². The first-order valence-corrected chi connectivity index (χ1v) is 7.56. The molecule has 0 saturated heterocycles. The zero-order chi connectivity index (χ0) is 16.0. The van der Waals surface area contributed by atoms with Gasteiger partial charge in [-0.25, -0.2) is 9.59 Å². The van der Waals surface area contributed by atoms with E-state index in [0.717, 1.165) is 4.90 Å². The van der Waals surface area contributed by atoms with E-state index in [1.165, 1.54) is 25.7 Å². The second-order valence-electron chi connectivity index (χ2n) is 3.96. The number of hydrogen-bond acceptors (Lipinski definition) is 5. The van der Waals surface area contributed by atoms with E-state index in [9.17, 15) is 14.4 Å². The SMILES string of the molecule is CNC(=O)NC(=O)[C@H](C)OC(=O)c1cc(SC)ccc1Cl. The van der Waals surface area contributed by atoms with E-state index < -0.39 is 24.0 Å². The zero-order valence-electron chi connectivity index (χ0n) is 11.7. The van der Waals surface area contributed by atoms with Gasteiger partial charge in [-0.1, -0.05) is 11.6 Å². The van der Waals surface area contributed by atoms with Crippen molar-refractivity contribution in [2.75, 3.05) is 13.3 Å². The quantitative estimate of drug-likeness (QED) is 0.652. The summed E-state index contributed by atoms with van der Waals surface area (Å²) in [5.41, 5.74) is 0.170. The number of benzene rings is 1. The molecule has 0 aromatic heterocycles. The molecule has 114 valence electrons. The average Bonchev–Trinajstić information content (AvgIpc) is 2.47. The number of urea groups is 1. The first-order chi connectivity index (χ1) is 9.88. The highest BCUT2D eigenvalue weighted by atomic mass is 35.5. The number of thioether (sulfide) groups is 1. The van der Waals surface area contributed by atoms with E-state index in [1.54, 1.807) is 18.2 Å².